The number of aromatic nitrogens is 3. The normalized spacial score (nSPS) is 34.6. The van der Waals surface area contributed by atoms with E-state index in [1.165, 1.54) is 0 Å². The Balaban J connectivity index is 1.81. The number of rotatable bonds is 2. The van der Waals surface area contributed by atoms with Crippen LogP contribution in [0.2, 0.25) is 0 Å². The van der Waals surface area contributed by atoms with E-state index in [-0.39, 0.29) is 6.61 Å². The highest BCUT2D eigenvalue weighted by Crippen LogP contribution is 2.26. The molecule has 0 aromatic carbocycles. The van der Waals surface area contributed by atoms with Gasteiger partial charge in [-0.1, -0.05) is 0 Å². The second kappa shape index (κ2) is 3.55. The summed E-state index contributed by atoms with van der Waals surface area (Å²) >= 11 is 0. The molecule has 0 spiro atoms. The van der Waals surface area contributed by atoms with Crippen LogP contribution in [0.15, 0.2) is 0 Å². The van der Waals surface area contributed by atoms with Gasteiger partial charge >= 0.3 is 0 Å². The Kier molecular flexibility index (Phi) is 2.19. The van der Waals surface area contributed by atoms with Gasteiger partial charge in [0.2, 0.25) is 0 Å². The summed E-state index contributed by atoms with van der Waals surface area (Å²) in [5, 5.41) is 15.8. The van der Waals surface area contributed by atoms with E-state index >= 15 is 0 Å². The third-order valence-electron chi connectivity index (χ3n) is 3.28. The van der Waals surface area contributed by atoms with Crippen molar-refractivity contribution in [1.29, 1.82) is 0 Å². The molecule has 6 nitrogen and oxygen atoms in total. The number of nitrogens with one attached hydrogen (secondary N) is 1. The zero-order valence-corrected chi connectivity index (χ0v) is 8.56. The van der Waals surface area contributed by atoms with Crippen molar-refractivity contribution in [2.75, 3.05) is 32.7 Å². The van der Waals surface area contributed by atoms with E-state index in [4.69, 9.17) is 5.11 Å². The van der Waals surface area contributed by atoms with E-state index in [9.17, 15) is 0 Å². The largest absolute Gasteiger partial charge is 0.388 e. The minimum atomic E-state index is -0.0660. The van der Waals surface area contributed by atoms with Gasteiger partial charge in [-0.05, 0) is 0 Å². The topological polar surface area (TPSA) is 68.3 Å². The summed E-state index contributed by atoms with van der Waals surface area (Å²) in [4.78, 5) is 9.15. The molecular formula is C9H15N5O. The molecule has 82 valence electrons. The smallest absolute Gasteiger partial charge is 0.169 e. The molecule has 0 saturated carbocycles. The molecule has 1 aromatic heterocycles. The molecule has 6 heteroatoms. The molecule has 0 radical (unpaired) electrons. The van der Waals surface area contributed by atoms with Crippen LogP contribution in [0.3, 0.4) is 0 Å². The number of H-pyrrole nitrogens is 1. The van der Waals surface area contributed by atoms with Crippen LogP contribution >= 0.6 is 0 Å². The van der Waals surface area contributed by atoms with Crippen molar-refractivity contribution >= 4 is 0 Å². The van der Waals surface area contributed by atoms with Gasteiger partial charge in [0.1, 0.15) is 12.4 Å². The van der Waals surface area contributed by atoms with Crippen LogP contribution in [-0.2, 0) is 6.61 Å². The molecule has 0 amide bonds. The molecule has 4 rings (SSSR count). The van der Waals surface area contributed by atoms with Crippen molar-refractivity contribution in [1.82, 2.24) is 25.0 Å². The van der Waals surface area contributed by atoms with Crippen LogP contribution in [0, 0.1) is 0 Å². The molecule has 15 heavy (non-hydrogen) atoms. The Morgan fingerprint density at radius 2 is 2.13 bits per heavy atom. The van der Waals surface area contributed by atoms with Gasteiger partial charge in [0.05, 0.1) is 6.04 Å². The second-order valence-corrected chi connectivity index (χ2v) is 4.15. The van der Waals surface area contributed by atoms with Gasteiger partial charge in [-0.15, -0.1) is 0 Å². The lowest BCUT2D eigenvalue weighted by Gasteiger charge is -2.46. The quantitative estimate of drug-likeness (QED) is 0.652. The lowest BCUT2D eigenvalue weighted by Crippen LogP contribution is -2.57. The van der Waals surface area contributed by atoms with E-state index in [2.05, 4.69) is 25.0 Å². The van der Waals surface area contributed by atoms with Gasteiger partial charge < -0.3 is 5.11 Å². The predicted molar refractivity (Wildman–Crippen MR) is 53.1 cm³/mol. The van der Waals surface area contributed by atoms with Gasteiger partial charge in [0.25, 0.3) is 0 Å². The predicted octanol–water partition coefficient (Wildman–Crippen LogP) is -1.03. The highest BCUT2D eigenvalue weighted by Gasteiger charge is 2.34. The summed E-state index contributed by atoms with van der Waals surface area (Å²) in [5.41, 5.74) is 0. The Labute approximate surface area is 87.9 Å². The average Bonchev–Trinajstić information content (AvgIpc) is 2.79. The Hall–Kier alpha value is -0.980. The van der Waals surface area contributed by atoms with Gasteiger partial charge in [0.15, 0.2) is 5.82 Å². The molecule has 2 N–H and O–H groups in total. The van der Waals surface area contributed by atoms with E-state index in [0.29, 0.717) is 11.9 Å². The van der Waals surface area contributed by atoms with Gasteiger partial charge in [-0.25, -0.2) is 4.98 Å². The molecule has 2 bridgehead atoms. The molecular weight excluding hydrogens is 194 g/mol. The van der Waals surface area contributed by atoms with E-state index in [0.717, 1.165) is 38.5 Å². The zero-order chi connectivity index (χ0) is 10.3. The summed E-state index contributed by atoms with van der Waals surface area (Å²) < 4.78 is 0. The number of piperazine rings is 3. The number of hydrogen-bond donors (Lipinski definition) is 2. The van der Waals surface area contributed by atoms with E-state index < -0.39 is 0 Å². The monoisotopic (exact) mass is 209 g/mol. The van der Waals surface area contributed by atoms with Crippen LogP contribution < -0.4 is 0 Å². The highest BCUT2D eigenvalue weighted by molar-refractivity contribution is 5.02. The maximum atomic E-state index is 8.92. The van der Waals surface area contributed by atoms with Crippen molar-refractivity contribution in [3.05, 3.63) is 11.6 Å². The second-order valence-electron chi connectivity index (χ2n) is 4.15. The van der Waals surface area contributed by atoms with Gasteiger partial charge in [0, 0.05) is 32.7 Å². The minimum Gasteiger partial charge on any atom is -0.388 e. The third-order valence-corrected chi connectivity index (χ3v) is 3.28. The van der Waals surface area contributed by atoms with Crippen molar-refractivity contribution in [2.24, 2.45) is 0 Å². The van der Waals surface area contributed by atoms with Crippen molar-refractivity contribution < 1.29 is 5.11 Å². The molecule has 4 heterocycles. The van der Waals surface area contributed by atoms with Gasteiger partial charge in [-0.2, -0.15) is 5.10 Å². The first kappa shape index (κ1) is 9.26. The SMILES string of the molecule is OCc1nc(C2CN3CCN2CC3)n[nH]1. The molecule has 3 saturated heterocycles. The Morgan fingerprint density at radius 1 is 1.33 bits per heavy atom. The maximum Gasteiger partial charge on any atom is 0.169 e. The van der Waals surface area contributed by atoms with Crippen LogP contribution in [0.5, 0.6) is 0 Å². The number of aliphatic hydroxyl groups excluding tert-OH is 1. The number of aromatic amines is 1. The molecule has 0 aliphatic carbocycles. The lowest BCUT2D eigenvalue weighted by atomic mass is 10.1. The minimum absolute atomic E-state index is 0.0660. The van der Waals surface area contributed by atoms with Crippen LogP contribution in [0.1, 0.15) is 17.7 Å². The fraction of sp³-hybridized carbons (Fsp3) is 0.778. The zero-order valence-electron chi connectivity index (χ0n) is 8.56. The number of hydrogen-bond acceptors (Lipinski definition) is 5. The molecule has 3 fully saturated rings. The van der Waals surface area contributed by atoms with Crippen molar-refractivity contribution in [3.8, 4) is 0 Å². The number of aliphatic hydroxyl groups is 1. The first-order chi connectivity index (χ1) is 7.36. The van der Waals surface area contributed by atoms with Crippen LogP contribution in [0.4, 0.5) is 0 Å². The third kappa shape index (κ3) is 1.54. The fourth-order valence-corrected chi connectivity index (χ4v) is 2.39. The maximum absolute atomic E-state index is 8.92. The fourth-order valence-electron chi connectivity index (χ4n) is 2.39. The summed E-state index contributed by atoms with van der Waals surface area (Å²) in [6.45, 7) is 5.48. The van der Waals surface area contributed by atoms with Crippen molar-refractivity contribution in [3.63, 3.8) is 0 Å². The summed E-state index contributed by atoms with van der Waals surface area (Å²) in [7, 11) is 0. The van der Waals surface area contributed by atoms with Crippen LogP contribution in [0.25, 0.3) is 0 Å². The molecule has 3 aliphatic heterocycles. The summed E-state index contributed by atoms with van der Waals surface area (Å²) in [6.07, 6.45) is 0. The first-order valence-electron chi connectivity index (χ1n) is 5.35. The number of nitrogens with zero attached hydrogens (tertiary/aromatic N) is 4. The first-order valence-corrected chi connectivity index (χ1v) is 5.35. The summed E-state index contributed by atoms with van der Waals surface area (Å²) in [5.74, 6) is 1.38. The summed E-state index contributed by atoms with van der Waals surface area (Å²) in [6, 6.07) is 0.309. The lowest BCUT2D eigenvalue weighted by molar-refractivity contribution is 0.00874. The van der Waals surface area contributed by atoms with E-state index in [1.807, 2.05) is 0 Å². The molecule has 3 aliphatic rings. The number of fused-ring (bicyclic) bond motifs is 3. The standard InChI is InChI=1S/C9H15N5O/c15-6-8-10-9(12-11-8)7-5-13-1-3-14(7)4-2-13/h7,15H,1-6H2,(H,10,11,12). The van der Waals surface area contributed by atoms with E-state index in [1.54, 1.807) is 0 Å². The van der Waals surface area contributed by atoms with Crippen LogP contribution in [-0.4, -0.2) is 62.8 Å². The average molecular weight is 209 g/mol. The van der Waals surface area contributed by atoms with Crippen molar-refractivity contribution in [2.45, 2.75) is 12.6 Å². The molecule has 1 unspecified atom stereocenters. The highest BCUT2D eigenvalue weighted by atomic mass is 16.3. The Bertz CT molecular complexity index is 344. The molecule has 1 atom stereocenters. The Morgan fingerprint density at radius 3 is 2.67 bits per heavy atom. The molecule has 1 aromatic rings. The van der Waals surface area contributed by atoms with Gasteiger partial charge in [-0.3, -0.25) is 14.9 Å².